The first-order valence-electron chi connectivity index (χ1n) is 6.99. The van der Waals surface area contributed by atoms with Gasteiger partial charge in [0.05, 0.1) is 6.10 Å². The van der Waals surface area contributed by atoms with Crippen molar-refractivity contribution >= 4 is 0 Å². The van der Waals surface area contributed by atoms with Crippen molar-refractivity contribution in [2.45, 2.75) is 65.4 Å². The summed E-state index contributed by atoms with van der Waals surface area (Å²) in [4.78, 5) is 0. The maximum atomic E-state index is 10.5. The Morgan fingerprint density at radius 2 is 1.82 bits per heavy atom. The monoisotopic (exact) mass is 236 g/mol. The fourth-order valence-corrected chi connectivity index (χ4v) is 2.80. The zero-order valence-corrected chi connectivity index (χ0v) is 11.7. The van der Waals surface area contributed by atoms with E-state index in [9.17, 15) is 5.11 Å². The predicted molar refractivity (Wildman–Crippen MR) is 74.9 cm³/mol. The molecule has 1 nitrogen and oxygen atoms in total. The van der Waals surface area contributed by atoms with Crippen LogP contribution < -0.4 is 0 Å². The van der Waals surface area contributed by atoms with Gasteiger partial charge in [0.15, 0.2) is 0 Å². The van der Waals surface area contributed by atoms with Crippen LogP contribution in [-0.4, -0.2) is 11.2 Å². The molecule has 0 spiro atoms. The van der Waals surface area contributed by atoms with Gasteiger partial charge in [-0.3, -0.25) is 0 Å². The van der Waals surface area contributed by atoms with Crippen molar-refractivity contribution in [2.24, 2.45) is 11.8 Å². The highest BCUT2D eigenvalue weighted by Gasteiger charge is 2.28. The second kappa shape index (κ2) is 7.00. The van der Waals surface area contributed by atoms with Gasteiger partial charge < -0.3 is 5.11 Å². The minimum absolute atomic E-state index is 0.191. The van der Waals surface area contributed by atoms with Crippen molar-refractivity contribution in [3.8, 4) is 0 Å². The zero-order chi connectivity index (χ0) is 12.8. The Hall–Kier alpha value is -0.560. The van der Waals surface area contributed by atoms with Gasteiger partial charge in [-0.1, -0.05) is 43.1 Å². The van der Waals surface area contributed by atoms with E-state index >= 15 is 0 Å². The standard InChI is InChI=1S/C16H28O/c1-12(2)10-11-15(13(3)4)16(17)14-8-6-5-7-9-14/h10,14-17H,3,5-9,11H2,1-2,4H3/t15-,16+/m0/s1. The lowest BCUT2D eigenvalue weighted by molar-refractivity contribution is 0.0470. The summed E-state index contributed by atoms with van der Waals surface area (Å²) in [6.07, 6.45) is 9.28. The first-order chi connectivity index (χ1) is 8.02. The molecule has 1 aliphatic carbocycles. The highest BCUT2D eigenvalue weighted by Crippen LogP contribution is 2.33. The summed E-state index contributed by atoms with van der Waals surface area (Å²) in [5, 5.41) is 10.5. The van der Waals surface area contributed by atoms with Crippen molar-refractivity contribution in [1.82, 2.24) is 0 Å². The van der Waals surface area contributed by atoms with Gasteiger partial charge in [-0.2, -0.15) is 0 Å². The van der Waals surface area contributed by atoms with E-state index in [-0.39, 0.29) is 12.0 Å². The molecule has 0 bridgehead atoms. The van der Waals surface area contributed by atoms with Gasteiger partial charge in [0, 0.05) is 5.92 Å². The van der Waals surface area contributed by atoms with Crippen LogP contribution in [0.15, 0.2) is 23.8 Å². The van der Waals surface area contributed by atoms with Crippen LogP contribution in [0.2, 0.25) is 0 Å². The smallest absolute Gasteiger partial charge is 0.0636 e. The second-order valence-corrected chi connectivity index (χ2v) is 5.86. The number of allylic oxidation sites excluding steroid dienone is 2. The lowest BCUT2D eigenvalue weighted by Gasteiger charge is -2.32. The minimum atomic E-state index is -0.191. The third-order valence-electron chi connectivity index (χ3n) is 3.96. The molecule has 0 aromatic rings. The quantitative estimate of drug-likeness (QED) is 0.698. The molecule has 1 N–H and O–H groups in total. The number of hydrogen-bond donors (Lipinski definition) is 1. The molecule has 1 heteroatoms. The van der Waals surface area contributed by atoms with Gasteiger partial charge in [0.1, 0.15) is 0 Å². The van der Waals surface area contributed by atoms with E-state index in [4.69, 9.17) is 0 Å². The summed E-state index contributed by atoms with van der Waals surface area (Å²) in [5.74, 6) is 0.740. The normalized spacial score (nSPS) is 20.7. The lowest BCUT2D eigenvalue weighted by Crippen LogP contribution is -2.31. The molecular weight excluding hydrogens is 208 g/mol. The minimum Gasteiger partial charge on any atom is -0.392 e. The molecule has 0 radical (unpaired) electrons. The molecule has 1 saturated carbocycles. The van der Waals surface area contributed by atoms with Crippen LogP contribution in [0.5, 0.6) is 0 Å². The highest BCUT2D eigenvalue weighted by atomic mass is 16.3. The molecule has 0 aliphatic heterocycles. The van der Waals surface area contributed by atoms with Gasteiger partial charge >= 0.3 is 0 Å². The van der Waals surface area contributed by atoms with Gasteiger partial charge in [0.25, 0.3) is 0 Å². The van der Waals surface area contributed by atoms with Crippen LogP contribution in [0.3, 0.4) is 0 Å². The maximum absolute atomic E-state index is 10.5. The van der Waals surface area contributed by atoms with E-state index in [2.05, 4.69) is 33.4 Å². The van der Waals surface area contributed by atoms with Crippen molar-refractivity contribution in [3.05, 3.63) is 23.8 Å². The van der Waals surface area contributed by atoms with E-state index < -0.39 is 0 Å². The number of rotatable bonds is 5. The summed E-state index contributed by atoms with van der Waals surface area (Å²) in [5.41, 5.74) is 2.45. The van der Waals surface area contributed by atoms with Gasteiger partial charge in [-0.25, -0.2) is 0 Å². The summed E-state index contributed by atoms with van der Waals surface area (Å²) in [6.45, 7) is 10.3. The fraction of sp³-hybridized carbons (Fsp3) is 0.750. The van der Waals surface area contributed by atoms with Crippen molar-refractivity contribution in [2.75, 3.05) is 0 Å². The Balaban J connectivity index is 2.61. The highest BCUT2D eigenvalue weighted by molar-refractivity contribution is 5.06. The molecule has 17 heavy (non-hydrogen) atoms. The predicted octanol–water partition coefficient (Wildman–Crippen LogP) is 4.48. The largest absolute Gasteiger partial charge is 0.392 e. The summed E-state index contributed by atoms with van der Waals surface area (Å²) < 4.78 is 0. The van der Waals surface area contributed by atoms with Crippen molar-refractivity contribution in [3.63, 3.8) is 0 Å². The summed E-state index contributed by atoms with van der Waals surface area (Å²) in [7, 11) is 0. The molecule has 0 heterocycles. The Kier molecular flexibility index (Phi) is 5.97. The van der Waals surface area contributed by atoms with E-state index in [1.54, 1.807) is 0 Å². The average molecular weight is 236 g/mol. The molecule has 0 aromatic carbocycles. The van der Waals surface area contributed by atoms with Gasteiger partial charge in [-0.15, -0.1) is 0 Å². The molecule has 2 atom stereocenters. The SMILES string of the molecule is C=C(C)[C@H](CC=C(C)C)[C@H](O)C1CCCCC1. The maximum Gasteiger partial charge on any atom is 0.0636 e. The molecule has 1 fully saturated rings. The zero-order valence-electron chi connectivity index (χ0n) is 11.7. The average Bonchev–Trinajstić information content (AvgIpc) is 2.29. The third kappa shape index (κ3) is 4.67. The molecule has 0 aromatic heterocycles. The van der Waals surface area contributed by atoms with Crippen LogP contribution in [-0.2, 0) is 0 Å². The van der Waals surface area contributed by atoms with Crippen LogP contribution >= 0.6 is 0 Å². The van der Waals surface area contributed by atoms with E-state index in [0.717, 1.165) is 12.0 Å². The topological polar surface area (TPSA) is 20.2 Å². The molecule has 0 amide bonds. The molecule has 1 aliphatic rings. The molecule has 0 saturated heterocycles. The summed E-state index contributed by atoms with van der Waals surface area (Å²) in [6, 6.07) is 0. The van der Waals surface area contributed by atoms with Crippen molar-refractivity contribution < 1.29 is 5.11 Å². The number of hydrogen-bond acceptors (Lipinski definition) is 1. The van der Waals surface area contributed by atoms with Gasteiger partial charge in [0.2, 0.25) is 0 Å². The first-order valence-corrected chi connectivity index (χ1v) is 6.99. The van der Waals surface area contributed by atoms with Crippen LogP contribution in [0.4, 0.5) is 0 Å². The lowest BCUT2D eigenvalue weighted by atomic mass is 9.77. The fourth-order valence-electron chi connectivity index (χ4n) is 2.80. The second-order valence-electron chi connectivity index (χ2n) is 5.86. The number of aliphatic hydroxyl groups excluding tert-OH is 1. The Morgan fingerprint density at radius 1 is 1.24 bits per heavy atom. The first kappa shape index (κ1) is 14.5. The molecule has 98 valence electrons. The Labute approximate surface area is 107 Å². The number of aliphatic hydroxyl groups is 1. The molecule has 0 unspecified atom stereocenters. The van der Waals surface area contributed by atoms with Gasteiger partial charge in [-0.05, 0) is 46.0 Å². The van der Waals surface area contributed by atoms with Crippen LogP contribution in [0.1, 0.15) is 59.3 Å². The summed E-state index contributed by atoms with van der Waals surface area (Å²) >= 11 is 0. The van der Waals surface area contributed by atoms with E-state index in [0.29, 0.717) is 5.92 Å². The molecule has 1 rings (SSSR count). The third-order valence-corrected chi connectivity index (χ3v) is 3.96. The van der Waals surface area contributed by atoms with Crippen molar-refractivity contribution in [1.29, 1.82) is 0 Å². The Bertz CT molecular complexity index is 267. The van der Waals surface area contributed by atoms with Crippen LogP contribution in [0, 0.1) is 11.8 Å². The van der Waals surface area contributed by atoms with E-state index in [1.807, 2.05) is 0 Å². The molecular formula is C16H28O. The van der Waals surface area contributed by atoms with Crippen LogP contribution in [0.25, 0.3) is 0 Å². The Morgan fingerprint density at radius 3 is 2.29 bits per heavy atom. The van der Waals surface area contributed by atoms with E-state index in [1.165, 1.54) is 37.7 Å².